The van der Waals surface area contributed by atoms with Crippen molar-refractivity contribution in [3.63, 3.8) is 0 Å². The molecule has 1 heterocycles. The lowest BCUT2D eigenvalue weighted by Gasteiger charge is -2.10. The summed E-state index contributed by atoms with van der Waals surface area (Å²) in [5.41, 5.74) is 2.09. The molecule has 0 spiro atoms. The summed E-state index contributed by atoms with van der Waals surface area (Å²) in [7, 11) is 1.65. The lowest BCUT2D eigenvalue weighted by molar-refractivity contribution is 0.415. The second-order valence-corrected chi connectivity index (χ2v) is 4.44. The Labute approximate surface area is 109 Å². The third kappa shape index (κ3) is 2.77. The van der Waals surface area contributed by atoms with E-state index in [4.69, 9.17) is 4.74 Å². The first-order valence-corrected chi connectivity index (χ1v) is 6.02. The summed E-state index contributed by atoms with van der Waals surface area (Å²) in [5, 5.41) is 3.25. The number of halogens is 1. The van der Waals surface area contributed by atoms with E-state index in [1.54, 1.807) is 13.3 Å². The van der Waals surface area contributed by atoms with Gasteiger partial charge in [-0.15, -0.1) is 0 Å². The van der Waals surface area contributed by atoms with E-state index in [1.165, 1.54) is 0 Å². The van der Waals surface area contributed by atoms with E-state index < -0.39 is 0 Å². The van der Waals surface area contributed by atoms with Crippen molar-refractivity contribution in [2.24, 2.45) is 0 Å². The van der Waals surface area contributed by atoms with Crippen molar-refractivity contribution >= 4 is 27.4 Å². The monoisotopic (exact) mass is 292 g/mol. The Morgan fingerprint density at radius 1 is 1.29 bits per heavy atom. The van der Waals surface area contributed by atoms with Crippen LogP contribution in [-0.2, 0) is 0 Å². The van der Waals surface area contributed by atoms with Crippen molar-refractivity contribution in [1.82, 2.24) is 4.98 Å². The quantitative estimate of drug-likeness (QED) is 0.931. The van der Waals surface area contributed by atoms with Gasteiger partial charge in [0, 0.05) is 18.0 Å². The molecule has 2 aromatic rings. The van der Waals surface area contributed by atoms with Crippen LogP contribution in [0, 0.1) is 6.92 Å². The lowest BCUT2D eigenvalue weighted by Crippen LogP contribution is -1.96. The average molecular weight is 293 g/mol. The molecule has 0 aliphatic heterocycles. The molecule has 3 nitrogen and oxygen atoms in total. The van der Waals surface area contributed by atoms with E-state index in [0.717, 1.165) is 27.3 Å². The van der Waals surface area contributed by atoms with E-state index in [-0.39, 0.29) is 0 Å². The molecule has 1 N–H and O–H groups in total. The van der Waals surface area contributed by atoms with Crippen LogP contribution < -0.4 is 10.1 Å². The predicted octanol–water partition coefficient (Wildman–Crippen LogP) is 3.90. The smallest absolute Gasteiger partial charge is 0.144 e. The van der Waals surface area contributed by atoms with Crippen LogP contribution >= 0.6 is 15.9 Å². The van der Waals surface area contributed by atoms with E-state index in [0.29, 0.717) is 0 Å². The second kappa shape index (κ2) is 5.19. The number of anilines is 2. The molecule has 88 valence electrons. The molecule has 0 bridgehead atoms. The predicted molar refractivity (Wildman–Crippen MR) is 73.0 cm³/mol. The summed E-state index contributed by atoms with van der Waals surface area (Å²) in [6.07, 6.45) is 1.78. The average Bonchev–Trinajstić information content (AvgIpc) is 2.35. The van der Waals surface area contributed by atoms with Crippen LogP contribution in [0.15, 0.2) is 41.0 Å². The van der Waals surface area contributed by atoms with Crippen LogP contribution in [0.5, 0.6) is 5.75 Å². The minimum atomic E-state index is 0.804. The fourth-order valence-electron chi connectivity index (χ4n) is 1.46. The van der Waals surface area contributed by atoms with Gasteiger partial charge in [-0.25, -0.2) is 4.98 Å². The highest BCUT2D eigenvalue weighted by molar-refractivity contribution is 9.10. The molecule has 0 saturated heterocycles. The van der Waals surface area contributed by atoms with Gasteiger partial charge in [-0.2, -0.15) is 0 Å². The second-order valence-electron chi connectivity index (χ2n) is 3.65. The molecule has 0 amide bonds. The fraction of sp³-hybridized carbons (Fsp3) is 0.154. The van der Waals surface area contributed by atoms with Gasteiger partial charge < -0.3 is 10.1 Å². The molecule has 0 fully saturated rings. The molecule has 4 heteroatoms. The van der Waals surface area contributed by atoms with Crippen LogP contribution in [0.4, 0.5) is 11.5 Å². The number of methoxy groups -OCH3 is 1. The lowest BCUT2D eigenvalue weighted by atomic mass is 10.2. The van der Waals surface area contributed by atoms with Crippen LogP contribution in [0.1, 0.15) is 5.56 Å². The summed E-state index contributed by atoms with van der Waals surface area (Å²) in [6.45, 7) is 2.03. The van der Waals surface area contributed by atoms with Gasteiger partial charge in [-0.05, 0) is 46.6 Å². The normalized spacial score (nSPS) is 10.1. The van der Waals surface area contributed by atoms with Crippen molar-refractivity contribution in [3.05, 3.63) is 46.6 Å². The molecule has 2 rings (SSSR count). The summed E-state index contributed by atoms with van der Waals surface area (Å²) >= 11 is 3.52. The van der Waals surface area contributed by atoms with E-state index in [9.17, 15) is 0 Å². The number of nitrogens with one attached hydrogen (secondary N) is 1. The highest BCUT2D eigenvalue weighted by Gasteiger charge is 2.04. The Morgan fingerprint density at radius 3 is 2.88 bits per heavy atom. The summed E-state index contributed by atoms with van der Waals surface area (Å²) in [5.74, 6) is 1.62. The summed E-state index contributed by atoms with van der Waals surface area (Å²) in [6, 6.07) is 9.70. The topological polar surface area (TPSA) is 34.1 Å². The molecule has 0 unspecified atom stereocenters. The van der Waals surface area contributed by atoms with Crippen LogP contribution in [0.3, 0.4) is 0 Å². The molecular weight excluding hydrogens is 280 g/mol. The maximum absolute atomic E-state index is 5.17. The Morgan fingerprint density at radius 2 is 2.12 bits per heavy atom. The SMILES string of the molecule is COc1cccc(Nc2nccc(C)c2Br)c1. The largest absolute Gasteiger partial charge is 0.497 e. The number of nitrogens with zero attached hydrogens (tertiary/aromatic N) is 1. The number of aryl methyl sites for hydroxylation is 1. The highest BCUT2D eigenvalue weighted by Crippen LogP contribution is 2.27. The molecule has 1 aromatic heterocycles. The Kier molecular flexibility index (Phi) is 3.64. The number of pyridine rings is 1. The van der Waals surface area contributed by atoms with E-state index in [2.05, 4.69) is 26.2 Å². The minimum Gasteiger partial charge on any atom is -0.497 e. The van der Waals surface area contributed by atoms with Gasteiger partial charge in [0.2, 0.25) is 0 Å². The Bertz CT molecular complexity index is 529. The van der Waals surface area contributed by atoms with E-state index in [1.807, 2.05) is 37.3 Å². The maximum atomic E-state index is 5.17. The minimum absolute atomic E-state index is 0.804. The Hall–Kier alpha value is -1.55. The zero-order valence-corrected chi connectivity index (χ0v) is 11.3. The van der Waals surface area contributed by atoms with Crippen LogP contribution in [0.2, 0.25) is 0 Å². The van der Waals surface area contributed by atoms with Crippen LogP contribution in [0.25, 0.3) is 0 Å². The van der Waals surface area contributed by atoms with Crippen molar-refractivity contribution in [2.75, 3.05) is 12.4 Å². The number of ether oxygens (including phenoxy) is 1. The van der Waals surface area contributed by atoms with Gasteiger partial charge in [0.15, 0.2) is 0 Å². The standard InChI is InChI=1S/C13H13BrN2O/c1-9-6-7-15-13(12(9)14)16-10-4-3-5-11(8-10)17-2/h3-8H,1-2H3,(H,15,16). The van der Waals surface area contributed by atoms with Gasteiger partial charge in [-0.1, -0.05) is 6.07 Å². The number of hydrogen-bond acceptors (Lipinski definition) is 3. The number of aromatic nitrogens is 1. The first-order valence-electron chi connectivity index (χ1n) is 5.23. The van der Waals surface area contributed by atoms with Crippen molar-refractivity contribution in [3.8, 4) is 5.75 Å². The number of benzene rings is 1. The first kappa shape index (κ1) is 11.9. The molecule has 0 atom stereocenters. The molecule has 17 heavy (non-hydrogen) atoms. The molecule has 0 aliphatic rings. The Balaban J connectivity index is 2.28. The van der Waals surface area contributed by atoms with Gasteiger partial charge in [0.1, 0.15) is 11.6 Å². The molecule has 0 saturated carbocycles. The molecule has 1 aromatic carbocycles. The van der Waals surface area contributed by atoms with E-state index >= 15 is 0 Å². The van der Waals surface area contributed by atoms with Crippen molar-refractivity contribution < 1.29 is 4.74 Å². The van der Waals surface area contributed by atoms with Crippen molar-refractivity contribution in [1.29, 1.82) is 0 Å². The number of rotatable bonds is 3. The highest BCUT2D eigenvalue weighted by atomic mass is 79.9. The number of hydrogen-bond donors (Lipinski definition) is 1. The molecule has 0 aliphatic carbocycles. The third-order valence-electron chi connectivity index (χ3n) is 2.41. The summed E-state index contributed by atoms with van der Waals surface area (Å²) < 4.78 is 6.15. The van der Waals surface area contributed by atoms with Gasteiger partial charge >= 0.3 is 0 Å². The summed E-state index contributed by atoms with van der Waals surface area (Å²) in [4.78, 5) is 4.29. The van der Waals surface area contributed by atoms with Crippen LogP contribution in [-0.4, -0.2) is 12.1 Å². The zero-order chi connectivity index (χ0) is 12.3. The first-order chi connectivity index (χ1) is 8.20. The van der Waals surface area contributed by atoms with Gasteiger partial charge in [0.25, 0.3) is 0 Å². The third-order valence-corrected chi connectivity index (χ3v) is 3.42. The van der Waals surface area contributed by atoms with Crippen molar-refractivity contribution in [2.45, 2.75) is 6.92 Å². The fourth-order valence-corrected chi connectivity index (χ4v) is 1.80. The van der Waals surface area contributed by atoms with Gasteiger partial charge in [-0.3, -0.25) is 0 Å². The van der Waals surface area contributed by atoms with Gasteiger partial charge in [0.05, 0.1) is 11.6 Å². The molecule has 0 radical (unpaired) electrons. The molecular formula is C13H13BrN2O. The zero-order valence-electron chi connectivity index (χ0n) is 9.70. The maximum Gasteiger partial charge on any atom is 0.144 e.